The van der Waals surface area contributed by atoms with Gasteiger partial charge in [0, 0.05) is 10.7 Å². The Morgan fingerprint density at radius 1 is 1.21 bits per heavy atom. The first-order valence-electron chi connectivity index (χ1n) is 3.19. The zero-order chi connectivity index (χ0) is 10.1. The molecule has 0 atom stereocenters. The van der Waals surface area contributed by atoms with Crippen LogP contribution < -0.4 is 0 Å². The van der Waals surface area contributed by atoms with E-state index in [4.69, 9.17) is 15.8 Å². The Hall–Kier alpha value is -0.780. The summed E-state index contributed by atoms with van der Waals surface area (Å²) in [5.41, 5.74) is 0.0177. The van der Waals surface area contributed by atoms with Crippen molar-refractivity contribution in [2.45, 2.75) is 4.90 Å². The van der Waals surface area contributed by atoms with Gasteiger partial charge in [-0.05, 0) is 24.3 Å². The van der Waals surface area contributed by atoms with E-state index in [1.54, 1.807) is 0 Å². The molecule has 0 saturated carbocycles. The molecule has 0 aliphatic rings. The van der Waals surface area contributed by atoms with E-state index < -0.39 is 15.0 Å². The molecule has 1 rings (SSSR count). The van der Waals surface area contributed by atoms with Crippen molar-refractivity contribution in [3.8, 4) is 0 Å². The first kappa shape index (κ1) is 13.2. The summed E-state index contributed by atoms with van der Waals surface area (Å²) < 4.78 is 21.5. The van der Waals surface area contributed by atoms with Crippen LogP contribution in [0.25, 0.3) is 0 Å². The van der Waals surface area contributed by atoms with Crippen LogP contribution in [0.2, 0.25) is 0 Å². The zero-order valence-corrected chi connectivity index (χ0v) is 9.06. The Morgan fingerprint density at radius 2 is 1.64 bits per heavy atom. The number of hydrogen-bond acceptors (Lipinski definition) is 3. The van der Waals surface area contributed by atoms with Crippen LogP contribution in [-0.4, -0.2) is 19.5 Å². The van der Waals surface area contributed by atoms with Gasteiger partial charge >= 0.3 is 5.97 Å². The Balaban J connectivity index is 0.00000169. The molecule has 78 valence electrons. The van der Waals surface area contributed by atoms with Crippen molar-refractivity contribution < 1.29 is 18.3 Å². The maximum Gasteiger partial charge on any atom is 0.335 e. The number of aromatic carboxylic acids is 1. The summed E-state index contributed by atoms with van der Waals surface area (Å²) in [6, 6.07) is 4.65. The molecule has 14 heavy (non-hydrogen) atoms. The molecule has 0 aromatic heterocycles. The minimum atomic E-state index is -3.77. The molecule has 1 aromatic rings. The third-order valence-corrected chi connectivity index (χ3v) is 2.75. The van der Waals surface area contributed by atoms with E-state index in [1.165, 1.54) is 12.1 Å². The van der Waals surface area contributed by atoms with Gasteiger partial charge in [0.25, 0.3) is 9.05 Å². The number of rotatable bonds is 2. The smallest absolute Gasteiger partial charge is 0.335 e. The Labute approximate surface area is 91.3 Å². The number of hydrogen-bond donors (Lipinski definition) is 1. The molecule has 0 unspecified atom stereocenters. The number of carbonyl (C=O) groups is 1. The lowest BCUT2D eigenvalue weighted by molar-refractivity contribution is 0.0697. The van der Waals surface area contributed by atoms with Crippen molar-refractivity contribution in [3.05, 3.63) is 29.8 Å². The van der Waals surface area contributed by atoms with Crippen LogP contribution in [-0.2, 0) is 9.05 Å². The van der Waals surface area contributed by atoms with Gasteiger partial charge in [-0.15, -0.1) is 12.4 Å². The molecule has 0 heterocycles. The Kier molecular flexibility index (Phi) is 4.38. The summed E-state index contributed by atoms with van der Waals surface area (Å²) in [4.78, 5) is 10.3. The first-order chi connectivity index (χ1) is 5.91. The van der Waals surface area contributed by atoms with Gasteiger partial charge in [0.15, 0.2) is 0 Å². The average molecular weight is 257 g/mol. The molecular formula is C7H6Cl2O4S. The SMILES string of the molecule is Cl.O=C(O)c1ccc(S(=O)(=O)Cl)cc1. The van der Waals surface area contributed by atoms with Gasteiger partial charge in [-0.2, -0.15) is 0 Å². The van der Waals surface area contributed by atoms with Gasteiger partial charge in [-0.3, -0.25) is 0 Å². The fourth-order valence-electron chi connectivity index (χ4n) is 0.760. The number of benzene rings is 1. The van der Waals surface area contributed by atoms with E-state index in [2.05, 4.69) is 0 Å². The highest BCUT2D eigenvalue weighted by Gasteiger charge is 2.10. The maximum absolute atomic E-state index is 10.7. The molecule has 0 amide bonds. The molecule has 0 fully saturated rings. The number of halogens is 2. The standard InChI is InChI=1S/C7H5ClO4S.ClH/c8-13(11,12)6-3-1-5(2-4-6)7(9)10;/h1-4H,(H,9,10);1H. The van der Waals surface area contributed by atoms with Crippen LogP contribution in [0.1, 0.15) is 10.4 Å². The van der Waals surface area contributed by atoms with Crippen molar-refractivity contribution in [2.75, 3.05) is 0 Å². The molecule has 0 saturated heterocycles. The second-order valence-electron chi connectivity index (χ2n) is 2.27. The quantitative estimate of drug-likeness (QED) is 0.819. The highest BCUT2D eigenvalue weighted by molar-refractivity contribution is 8.13. The average Bonchev–Trinajstić information content (AvgIpc) is 2.03. The third-order valence-electron chi connectivity index (χ3n) is 1.38. The second kappa shape index (κ2) is 4.63. The minimum Gasteiger partial charge on any atom is -0.478 e. The van der Waals surface area contributed by atoms with Gasteiger partial charge in [-0.1, -0.05) is 0 Å². The van der Waals surface area contributed by atoms with E-state index in [-0.39, 0.29) is 22.9 Å². The molecule has 0 aliphatic carbocycles. The summed E-state index contributed by atoms with van der Waals surface area (Å²) in [7, 11) is 1.25. The number of carboxylic acids is 1. The number of carboxylic acid groups (broad SMARTS) is 1. The van der Waals surface area contributed by atoms with Crippen LogP contribution in [0.3, 0.4) is 0 Å². The molecule has 0 bridgehead atoms. The molecular weight excluding hydrogens is 251 g/mol. The van der Waals surface area contributed by atoms with Gasteiger partial charge in [0.1, 0.15) is 0 Å². The summed E-state index contributed by atoms with van der Waals surface area (Å²) >= 11 is 0. The van der Waals surface area contributed by atoms with E-state index in [0.717, 1.165) is 12.1 Å². The van der Waals surface area contributed by atoms with E-state index in [1.807, 2.05) is 0 Å². The topological polar surface area (TPSA) is 71.4 Å². The van der Waals surface area contributed by atoms with Crippen molar-refractivity contribution >= 4 is 38.1 Å². The zero-order valence-electron chi connectivity index (χ0n) is 6.68. The van der Waals surface area contributed by atoms with E-state index >= 15 is 0 Å². The maximum atomic E-state index is 10.7. The van der Waals surface area contributed by atoms with Gasteiger partial charge in [0.2, 0.25) is 0 Å². The van der Waals surface area contributed by atoms with Crippen molar-refractivity contribution in [1.29, 1.82) is 0 Å². The van der Waals surface area contributed by atoms with Gasteiger partial charge in [0.05, 0.1) is 10.5 Å². The van der Waals surface area contributed by atoms with Crippen LogP contribution in [0.4, 0.5) is 0 Å². The summed E-state index contributed by atoms with van der Waals surface area (Å²) in [5.74, 6) is -1.11. The van der Waals surface area contributed by atoms with Crippen LogP contribution >= 0.6 is 23.1 Å². The molecule has 0 spiro atoms. The van der Waals surface area contributed by atoms with Crippen LogP contribution in [0, 0.1) is 0 Å². The van der Waals surface area contributed by atoms with Gasteiger partial charge in [-0.25, -0.2) is 13.2 Å². The van der Waals surface area contributed by atoms with Crippen molar-refractivity contribution in [1.82, 2.24) is 0 Å². The molecule has 0 aliphatic heterocycles. The largest absolute Gasteiger partial charge is 0.478 e. The van der Waals surface area contributed by atoms with Crippen molar-refractivity contribution in [3.63, 3.8) is 0 Å². The van der Waals surface area contributed by atoms with Crippen LogP contribution in [0.5, 0.6) is 0 Å². The minimum absolute atomic E-state index is 0. The molecule has 1 aromatic carbocycles. The first-order valence-corrected chi connectivity index (χ1v) is 5.50. The summed E-state index contributed by atoms with van der Waals surface area (Å²) in [6.45, 7) is 0. The third kappa shape index (κ3) is 3.17. The Morgan fingerprint density at radius 3 is 1.93 bits per heavy atom. The predicted octanol–water partition coefficient (Wildman–Crippen LogP) is 1.73. The lowest BCUT2D eigenvalue weighted by atomic mass is 10.2. The molecule has 0 radical (unpaired) electrons. The van der Waals surface area contributed by atoms with Gasteiger partial charge < -0.3 is 5.11 Å². The van der Waals surface area contributed by atoms with E-state index in [9.17, 15) is 13.2 Å². The monoisotopic (exact) mass is 256 g/mol. The highest BCUT2D eigenvalue weighted by atomic mass is 35.7. The second-order valence-corrected chi connectivity index (χ2v) is 4.83. The fourth-order valence-corrected chi connectivity index (χ4v) is 1.53. The lowest BCUT2D eigenvalue weighted by Crippen LogP contribution is -1.97. The van der Waals surface area contributed by atoms with E-state index in [0.29, 0.717) is 0 Å². The normalized spacial score (nSPS) is 10.4. The summed E-state index contributed by atoms with van der Waals surface area (Å²) in [5, 5.41) is 8.50. The van der Waals surface area contributed by atoms with Crippen molar-refractivity contribution in [2.24, 2.45) is 0 Å². The molecule has 4 nitrogen and oxygen atoms in total. The van der Waals surface area contributed by atoms with Crippen LogP contribution in [0.15, 0.2) is 29.2 Å². The molecule has 7 heteroatoms. The fraction of sp³-hybridized carbons (Fsp3) is 0. The predicted molar refractivity (Wildman–Crippen MR) is 53.7 cm³/mol. The summed E-state index contributed by atoms with van der Waals surface area (Å²) in [6.07, 6.45) is 0. The molecule has 1 N–H and O–H groups in total. The highest BCUT2D eigenvalue weighted by Crippen LogP contribution is 2.14. The lowest BCUT2D eigenvalue weighted by Gasteiger charge is -1.96. The Bertz CT molecular complexity index is 424.